The molecule has 15 heavy (non-hydrogen) atoms. The molecule has 0 radical (unpaired) electrons. The average Bonchev–Trinajstić information content (AvgIpc) is 2.16. The number of carbonyl (C=O) groups excluding carboxylic acids is 1. The van der Waals surface area contributed by atoms with Gasteiger partial charge in [-0.1, -0.05) is 25.8 Å². The number of Topliss-reactive ketones (excluding diaryl/α,β-unsaturated/α-hetero) is 1. The van der Waals surface area contributed by atoms with Crippen LogP contribution in [0.25, 0.3) is 0 Å². The highest BCUT2D eigenvalue weighted by atomic mass is 32.2. The van der Waals surface area contributed by atoms with Crippen molar-refractivity contribution in [1.82, 2.24) is 4.72 Å². The molecule has 2 unspecified atom stereocenters. The van der Waals surface area contributed by atoms with E-state index < -0.39 is 0 Å². The maximum atomic E-state index is 11.8. The SMILES string of the molecule is CSNC(CC(S)CCN)C(=O)C(C)C. The number of hydrogen-bond donors (Lipinski definition) is 3. The van der Waals surface area contributed by atoms with Crippen molar-refractivity contribution in [1.29, 1.82) is 0 Å². The third kappa shape index (κ3) is 6.45. The van der Waals surface area contributed by atoms with Gasteiger partial charge in [0.25, 0.3) is 0 Å². The Labute approximate surface area is 102 Å². The van der Waals surface area contributed by atoms with E-state index in [4.69, 9.17) is 5.73 Å². The molecule has 0 fully saturated rings. The van der Waals surface area contributed by atoms with Crippen molar-refractivity contribution in [2.75, 3.05) is 12.8 Å². The quantitative estimate of drug-likeness (QED) is 0.451. The van der Waals surface area contributed by atoms with Crippen molar-refractivity contribution in [2.45, 2.75) is 38.0 Å². The van der Waals surface area contributed by atoms with Gasteiger partial charge in [-0.25, -0.2) is 0 Å². The van der Waals surface area contributed by atoms with E-state index in [1.807, 2.05) is 20.1 Å². The molecule has 0 aromatic carbocycles. The molecule has 0 aliphatic carbocycles. The predicted octanol–water partition coefficient (Wildman–Crippen LogP) is 1.48. The van der Waals surface area contributed by atoms with Crippen molar-refractivity contribution < 1.29 is 4.79 Å². The monoisotopic (exact) mass is 250 g/mol. The second-order valence-electron chi connectivity index (χ2n) is 3.90. The minimum absolute atomic E-state index is 0.0630. The van der Waals surface area contributed by atoms with Crippen LogP contribution >= 0.6 is 24.6 Å². The number of thiol groups is 1. The van der Waals surface area contributed by atoms with Crippen LogP contribution in [0.4, 0.5) is 0 Å². The highest BCUT2D eigenvalue weighted by molar-refractivity contribution is 7.96. The molecular formula is C10H22N2OS2. The molecule has 0 amide bonds. The van der Waals surface area contributed by atoms with Crippen LogP contribution in [0, 0.1) is 5.92 Å². The molecule has 0 aromatic heterocycles. The van der Waals surface area contributed by atoms with E-state index in [1.54, 1.807) is 0 Å². The van der Waals surface area contributed by atoms with Crippen LogP contribution in [-0.4, -0.2) is 29.9 Å². The van der Waals surface area contributed by atoms with Gasteiger partial charge in [0.15, 0.2) is 5.78 Å². The summed E-state index contributed by atoms with van der Waals surface area (Å²) < 4.78 is 3.13. The van der Waals surface area contributed by atoms with Gasteiger partial charge in [-0.3, -0.25) is 9.52 Å². The third-order valence-electron chi connectivity index (χ3n) is 2.18. The average molecular weight is 250 g/mol. The smallest absolute Gasteiger partial charge is 0.153 e. The van der Waals surface area contributed by atoms with Crippen LogP contribution in [0.15, 0.2) is 0 Å². The fraction of sp³-hybridized carbons (Fsp3) is 0.900. The van der Waals surface area contributed by atoms with Gasteiger partial charge in [-0.2, -0.15) is 12.6 Å². The zero-order valence-corrected chi connectivity index (χ0v) is 11.4. The maximum absolute atomic E-state index is 11.8. The van der Waals surface area contributed by atoms with Crippen molar-refractivity contribution in [3.63, 3.8) is 0 Å². The molecule has 5 heteroatoms. The molecule has 3 nitrogen and oxygen atoms in total. The molecule has 0 bridgehead atoms. The Balaban J connectivity index is 4.20. The number of rotatable bonds is 8. The summed E-state index contributed by atoms with van der Waals surface area (Å²) in [6.45, 7) is 4.47. The third-order valence-corrected chi connectivity index (χ3v) is 3.17. The van der Waals surface area contributed by atoms with Crippen LogP contribution < -0.4 is 10.5 Å². The Morgan fingerprint density at radius 2 is 2.13 bits per heavy atom. The van der Waals surface area contributed by atoms with Crippen LogP contribution in [0.5, 0.6) is 0 Å². The normalized spacial score (nSPS) is 15.3. The Morgan fingerprint density at radius 3 is 2.53 bits per heavy atom. The lowest BCUT2D eigenvalue weighted by Gasteiger charge is -2.21. The van der Waals surface area contributed by atoms with Crippen molar-refractivity contribution in [3.8, 4) is 0 Å². The van der Waals surface area contributed by atoms with Gasteiger partial charge in [0, 0.05) is 11.2 Å². The number of carbonyl (C=O) groups is 1. The van der Waals surface area contributed by atoms with Crippen molar-refractivity contribution >= 4 is 30.4 Å². The van der Waals surface area contributed by atoms with Gasteiger partial charge in [0.1, 0.15) is 0 Å². The second-order valence-corrected chi connectivity index (χ2v) is 5.27. The molecule has 0 heterocycles. The van der Waals surface area contributed by atoms with Gasteiger partial charge in [-0.05, 0) is 25.6 Å². The van der Waals surface area contributed by atoms with Crippen LogP contribution in [0.3, 0.4) is 0 Å². The van der Waals surface area contributed by atoms with Crippen LogP contribution in [-0.2, 0) is 4.79 Å². The number of ketones is 1. The molecule has 0 saturated heterocycles. The summed E-state index contributed by atoms with van der Waals surface area (Å²) in [4.78, 5) is 11.8. The molecule has 90 valence electrons. The number of nitrogens with one attached hydrogen (secondary N) is 1. The fourth-order valence-electron chi connectivity index (χ4n) is 1.35. The Hall–Kier alpha value is 0.290. The summed E-state index contributed by atoms with van der Waals surface area (Å²) in [6, 6.07) is -0.103. The van der Waals surface area contributed by atoms with E-state index in [-0.39, 0.29) is 23.0 Å². The first-order valence-corrected chi connectivity index (χ1v) is 6.97. The van der Waals surface area contributed by atoms with Crippen molar-refractivity contribution in [3.05, 3.63) is 0 Å². The van der Waals surface area contributed by atoms with Gasteiger partial charge >= 0.3 is 0 Å². The first kappa shape index (κ1) is 15.3. The highest BCUT2D eigenvalue weighted by Gasteiger charge is 2.22. The maximum Gasteiger partial charge on any atom is 0.153 e. The molecule has 0 saturated carbocycles. The Bertz CT molecular complexity index is 188. The Kier molecular flexibility index (Phi) is 8.61. The highest BCUT2D eigenvalue weighted by Crippen LogP contribution is 2.14. The Morgan fingerprint density at radius 1 is 1.53 bits per heavy atom. The second kappa shape index (κ2) is 8.44. The summed E-state index contributed by atoms with van der Waals surface area (Å²) in [5.74, 6) is 0.313. The topological polar surface area (TPSA) is 55.1 Å². The van der Waals surface area contributed by atoms with Gasteiger partial charge in [0.05, 0.1) is 6.04 Å². The van der Waals surface area contributed by atoms with E-state index in [9.17, 15) is 4.79 Å². The lowest BCUT2D eigenvalue weighted by Crippen LogP contribution is -2.37. The molecule has 3 N–H and O–H groups in total. The van der Waals surface area contributed by atoms with E-state index in [1.165, 1.54) is 11.9 Å². The molecule has 0 spiro atoms. The lowest BCUT2D eigenvalue weighted by atomic mass is 9.98. The van der Waals surface area contributed by atoms with E-state index >= 15 is 0 Å². The zero-order chi connectivity index (χ0) is 11.8. The largest absolute Gasteiger partial charge is 0.330 e. The standard InChI is InChI=1S/C10H22N2OS2/c1-7(2)10(13)9(12-15-3)6-8(14)4-5-11/h7-9,12,14H,4-6,11H2,1-3H3. The summed E-state index contributed by atoms with van der Waals surface area (Å²) in [5, 5.41) is 0.197. The summed E-state index contributed by atoms with van der Waals surface area (Å²) in [5.41, 5.74) is 5.46. The molecular weight excluding hydrogens is 228 g/mol. The van der Waals surface area contributed by atoms with Gasteiger partial charge in [-0.15, -0.1) is 0 Å². The molecule has 0 aromatic rings. The van der Waals surface area contributed by atoms with E-state index in [0.29, 0.717) is 6.54 Å². The number of hydrogen-bond acceptors (Lipinski definition) is 5. The summed E-state index contributed by atoms with van der Waals surface area (Å²) in [7, 11) is 0. The molecule has 0 rings (SSSR count). The molecule has 0 aliphatic heterocycles. The summed E-state index contributed by atoms with van der Waals surface area (Å²) in [6.07, 6.45) is 3.52. The number of nitrogens with two attached hydrogens (primary N) is 1. The fourth-order valence-corrected chi connectivity index (χ4v) is 2.21. The van der Waals surface area contributed by atoms with Gasteiger partial charge < -0.3 is 5.73 Å². The molecule has 2 atom stereocenters. The first-order valence-electron chi connectivity index (χ1n) is 5.23. The summed E-state index contributed by atoms with van der Waals surface area (Å²) >= 11 is 5.90. The first-order chi connectivity index (χ1) is 7.02. The van der Waals surface area contributed by atoms with Crippen molar-refractivity contribution in [2.24, 2.45) is 11.7 Å². The van der Waals surface area contributed by atoms with Gasteiger partial charge in [0.2, 0.25) is 0 Å². The van der Waals surface area contributed by atoms with E-state index in [2.05, 4.69) is 17.4 Å². The zero-order valence-electron chi connectivity index (χ0n) is 9.69. The van der Waals surface area contributed by atoms with E-state index in [0.717, 1.165) is 12.8 Å². The minimum atomic E-state index is -0.103. The molecule has 0 aliphatic rings. The predicted molar refractivity (Wildman–Crippen MR) is 71.3 cm³/mol. The lowest BCUT2D eigenvalue weighted by molar-refractivity contribution is -0.123. The van der Waals surface area contributed by atoms with Crippen LogP contribution in [0.1, 0.15) is 26.7 Å². The minimum Gasteiger partial charge on any atom is -0.330 e. The van der Waals surface area contributed by atoms with Crippen LogP contribution in [0.2, 0.25) is 0 Å².